The molecule has 0 aliphatic heterocycles. The molecule has 0 spiro atoms. The molecule has 3 heteroatoms. The molecule has 0 aliphatic rings. The summed E-state index contributed by atoms with van der Waals surface area (Å²) in [6, 6.07) is 8.47. The lowest BCUT2D eigenvalue weighted by molar-refractivity contribution is 0.447. The molecule has 100 valence electrons. The largest absolute Gasteiger partial charge is 0.508 e. The van der Waals surface area contributed by atoms with Gasteiger partial charge in [-0.05, 0) is 41.7 Å². The number of benzene rings is 2. The number of aromatic hydroxyl groups is 3. The Morgan fingerprint density at radius 2 is 1.68 bits per heavy atom. The zero-order valence-corrected chi connectivity index (χ0v) is 11.1. The normalized spacial score (nSPS) is 10.6. The molecule has 0 saturated carbocycles. The summed E-state index contributed by atoms with van der Waals surface area (Å²) in [5, 5.41) is 29.0. The lowest BCUT2D eigenvalue weighted by Gasteiger charge is -2.10. The fourth-order valence-corrected chi connectivity index (χ4v) is 2.23. The van der Waals surface area contributed by atoms with Crippen molar-refractivity contribution in [1.29, 1.82) is 0 Å². The molecule has 0 heterocycles. The molecule has 0 aromatic heterocycles. The highest BCUT2D eigenvalue weighted by Gasteiger charge is 2.08. The minimum Gasteiger partial charge on any atom is -0.508 e. The van der Waals surface area contributed by atoms with Crippen LogP contribution in [0.1, 0.15) is 29.2 Å². The Labute approximate surface area is 112 Å². The first-order valence-corrected chi connectivity index (χ1v) is 6.33. The number of rotatable bonds is 3. The van der Waals surface area contributed by atoms with Crippen molar-refractivity contribution >= 4 is 0 Å². The molecule has 19 heavy (non-hydrogen) atoms. The van der Waals surface area contributed by atoms with Crippen LogP contribution in [-0.4, -0.2) is 15.3 Å². The molecule has 3 nitrogen and oxygen atoms in total. The summed E-state index contributed by atoms with van der Waals surface area (Å²) >= 11 is 0. The Hall–Kier alpha value is -2.16. The molecule has 2 aromatic carbocycles. The summed E-state index contributed by atoms with van der Waals surface area (Å²) in [6.45, 7) is 3.87. The highest BCUT2D eigenvalue weighted by molar-refractivity contribution is 5.47. The molecule has 0 saturated heterocycles. The number of phenolic OH excluding ortho intramolecular Hbond substituents is 3. The van der Waals surface area contributed by atoms with E-state index < -0.39 is 0 Å². The van der Waals surface area contributed by atoms with Gasteiger partial charge in [-0.25, -0.2) is 0 Å². The van der Waals surface area contributed by atoms with Crippen LogP contribution in [0.4, 0.5) is 0 Å². The van der Waals surface area contributed by atoms with E-state index in [0.717, 1.165) is 28.7 Å². The second-order valence-corrected chi connectivity index (χ2v) is 4.76. The van der Waals surface area contributed by atoms with Gasteiger partial charge in [-0.2, -0.15) is 0 Å². The third-order valence-corrected chi connectivity index (χ3v) is 3.28. The monoisotopic (exact) mass is 258 g/mol. The van der Waals surface area contributed by atoms with Crippen molar-refractivity contribution in [2.24, 2.45) is 0 Å². The van der Waals surface area contributed by atoms with Crippen molar-refractivity contribution in [3.63, 3.8) is 0 Å². The molecule has 3 N–H and O–H groups in total. The summed E-state index contributed by atoms with van der Waals surface area (Å²) in [4.78, 5) is 0. The SMILES string of the molecule is CCc1cc(Cc2ccc(O)cc2O)cc(C)c1O. The fraction of sp³-hybridized carbons (Fsp3) is 0.250. The van der Waals surface area contributed by atoms with Crippen LogP contribution in [0.25, 0.3) is 0 Å². The zero-order valence-electron chi connectivity index (χ0n) is 11.1. The maximum absolute atomic E-state index is 9.90. The Morgan fingerprint density at radius 1 is 0.947 bits per heavy atom. The number of phenols is 3. The van der Waals surface area contributed by atoms with E-state index in [0.29, 0.717) is 12.2 Å². The van der Waals surface area contributed by atoms with Crippen LogP contribution in [0.2, 0.25) is 0 Å². The first kappa shape index (κ1) is 13.3. The molecule has 2 rings (SSSR count). The molecular weight excluding hydrogens is 240 g/mol. The van der Waals surface area contributed by atoms with Crippen LogP contribution in [0.15, 0.2) is 30.3 Å². The van der Waals surface area contributed by atoms with Crippen molar-refractivity contribution in [3.8, 4) is 17.2 Å². The topological polar surface area (TPSA) is 60.7 Å². The van der Waals surface area contributed by atoms with E-state index in [2.05, 4.69) is 0 Å². The summed E-state index contributed by atoms with van der Waals surface area (Å²) in [5.41, 5.74) is 3.54. The average molecular weight is 258 g/mol. The van der Waals surface area contributed by atoms with Crippen molar-refractivity contribution in [2.45, 2.75) is 26.7 Å². The van der Waals surface area contributed by atoms with E-state index in [4.69, 9.17) is 0 Å². The van der Waals surface area contributed by atoms with Gasteiger partial charge in [0.05, 0.1) is 0 Å². The summed E-state index contributed by atoms with van der Waals surface area (Å²) in [5.74, 6) is 0.488. The van der Waals surface area contributed by atoms with Crippen LogP contribution in [0, 0.1) is 6.92 Å². The fourth-order valence-electron chi connectivity index (χ4n) is 2.23. The van der Waals surface area contributed by atoms with E-state index in [1.807, 2.05) is 26.0 Å². The molecule has 0 bridgehead atoms. The molecular formula is C16H18O3. The van der Waals surface area contributed by atoms with Gasteiger partial charge < -0.3 is 15.3 Å². The molecule has 0 amide bonds. The maximum Gasteiger partial charge on any atom is 0.122 e. The lowest BCUT2D eigenvalue weighted by atomic mass is 9.98. The smallest absolute Gasteiger partial charge is 0.122 e. The average Bonchev–Trinajstić information content (AvgIpc) is 2.37. The van der Waals surface area contributed by atoms with Crippen LogP contribution in [0.5, 0.6) is 17.2 Å². The number of hydrogen-bond donors (Lipinski definition) is 3. The van der Waals surface area contributed by atoms with Gasteiger partial charge >= 0.3 is 0 Å². The van der Waals surface area contributed by atoms with E-state index in [9.17, 15) is 15.3 Å². The summed E-state index contributed by atoms with van der Waals surface area (Å²) < 4.78 is 0. The molecule has 0 unspecified atom stereocenters. The standard InChI is InChI=1S/C16H18O3/c1-3-12-7-11(6-10(2)16(12)19)8-13-4-5-14(17)9-15(13)18/h4-7,9,17-19H,3,8H2,1-2H3. The van der Waals surface area contributed by atoms with Gasteiger partial charge in [-0.1, -0.05) is 25.1 Å². The Morgan fingerprint density at radius 3 is 2.32 bits per heavy atom. The molecule has 0 aliphatic carbocycles. The van der Waals surface area contributed by atoms with Gasteiger partial charge in [-0.15, -0.1) is 0 Å². The van der Waals surface area contributed by atoms with Crippen molar-refractivity contribution in [3.05, 3.63) is 52.6 Å². The number of aryl methyl sites for hydroxylation is 2. The first-order valence-electron chi connectivity index (χ1n) is 6.33. The molecule has 0 atom stereocenters. The Balaban J connectivity index is 2.35. The predicted octanol–water partition coefficient (Wildman–Crippen LogP) is 3.27. The second kappa shape index (κ2) is 5.22. The quantitative estimate of drug-likeness (QED) is 0.792. The van der Waals surface area contributed by atoms with Crippen LogP contribution < -0.4 is 0 Å². The van der Waals surface area contributed by atoms with Gasteiger partial charge in [0.25, 0.3) is 0 Å². The Kier molecular flexibility index (Phi) is 3.65. The Bertz CT molecular complexity index is 603. The van der Waals surface area contributed by atoms with E-state index in [-0.39, 0.29) is 11.5 Å². The molecule has 0 fully saturated rings. The number of hydrogen-bond acceptors (Lipinski definition) is 3. The van der Waals surface area contributed by atoms with Crippen LogP contribution in [-0.2, 0) is 12.8 Å². The van der Waals surface area contributed by atoms with Gasteiger partial charge in [0.15, 0.2) is 0 Å². The van der Waals surface area contributed by atoms with Gasteiger partial charge in [0, 0.05) is 12.5 Å². The van der Waals surface area contributed by atoms with Crippen LogP contribution in [0.3, 0.4) is 0 Å². The molecule has 0 radical (unpaired) electrons. The van der Waals surface area contributed by atoms with Crippen molar-refractivity contribution in [1.82, 2.24) is 0 Å². The minimum absolute atomic E-state index is 0.0531. The highest BCUT2D eigenvalue weighted by Crippen LogP contribution is 2.29. The highest BCUT2D eigenvalue weighted by atomic mass is 16.3. The van der Waals surface area contributed by atoms with Crippen molar-refractivity contribution < 1.29 is 15.3 Å². The summed E-state index contributed by atoms with van der Waals surface area (Å²) in [7, 11) is 0. The maximum atomic E-state index is 9.90. The second-order valence-electron chi connectivity index (χ2n) is 4.76. The van der Waals surface area contributed by atoms with Gasteiger partial charge in [-0.3, -0.25) is 0 Å². The van der Waals surface area contributed by atoms with Crippen molar-refractivity contribution in [2.75, 3.05) is 0 Å². The predicted molar refractivity (Wildman–Crippen MR) is 74.8 cm³/mol. The van der Waals surface area contributed by atoms with E-state index in [1.165, 1.54) is 6.07 Å². The zero-order chi connectivity index (χ0) is 14.0. The first-order chi connectivity index (χ1) is 9.01. The third-order valence-electron chi connectivity index (χ3n) is 3.28. The van der Waals surface area contributed by atoms with Crippen LogP contribution >= 0.6 is 0 Å². The lowest BCUT2D eigenvalue weighted by Crippen LogP contribution is -1.94. The summed E-state index contributed by atoms with van der Waals surface area (Å²) in [6.07, 6.45) is 1.34. The van der Waals surface area contributed by atoms with E-state index in [1.54, 1.807) is 12.1 Å². The van der Waals surface area contributed by atoms with Gasteiger partial charge in [0.1, 0.15) is 17.2 Å². The molecule has 2 aromatic rings. The van der Waals surface area contributed by atoms with E-state index >= 15 is 0 Å². The van der Waals surface area contributed by atoms with Gasteiger partial charge in [0.2, 0.25) is 0 Å². The minimum atomic E-state index is 0.0531. The third kappa shape index (κ3) is 2.81.